The number of benzene rings is 4. The summed E-state index contributed by atoms with van der Waals surface area (Å²) in [5.41, 5.74) is 2.70. The Hall–Kier alpha value is -4.57. The number of aromatic nitrogens is 1. The minimum Gasteiger partial charge on any atom is -0.457 e. The first-order chi connectivity index (χ1) is 17.2. The molecule has 5 rings (SSSR count). The monoisotopic (exact) mass is 459 g/mol. The van der Waals surface area contributed by atoms with Crippen LogP contribution in [0.4, 0.5) is 0 Å². The Labute approximate surface area is 204 Å². The first-order valence-electron chi connectivity index (χ1n) is 11.5. The minimum atomic E-state index is -0.230. The fourth-order valence-corrected chi connectivity index (χ4v) is 4.10. The first kappa shape index (κ1) is 22.2. The Morgan fingerprint density at radius 3 is 1.43 bits per heavy atom. The molecule has 0 radical (unpaired) electrons. The van der Waals surface area contributed by atoms with Gasteiger partial charge in [0.1, 0.15) is 23.0 Å². The average Bonchev–Trinajstić information content (AvgIpc) is 2.90. The van der Waals surface area contributed by atoms with Crippen LogP contribution in [0.5, 0.6) is 23.0 Å². The number of hydrogen-bond donors (Lipinski definition) is 0. The zero-order valence-corrected chi connectivity index (χ0v) is 19.4. The Morgan fingerprint density at radius 2 is 0.971 bits per heavy atom. The number of nitrogens with zero attached hydrogens (tertiary/aromatic N) is 1. The van der Waals surface area contributed by atoms with Crippen LogP contribution in [-0.4, -0.2) is 4.57 Å². The van der Waals surface area contributed by atoms with Crippen LogP contribution in [0.3, 0.4) is 0 Å². The molecule has 1 aromatic heterocycles. The van der Waals surface area contributed by atoms with Crippen molar-refractivity contribution in [3.63, 3.8) is 0 Å². The third-order valence-electron chi connectivity index (χ3n) is 5.85. The zero-order valence-electron chi connectivity index (χ0n) is 19.4. The maximum atomic E-state index is 13.1. The number of ether oxygens (including phenoxy) is 2. The van der Waals surface area contributed by atoms with E-state index in [0.29, 0.717) is 5.56 Å². The van der Waals surface area contributed by atoms with Gasteiger partial charge in [0.15, 0.2) is 0 Å². The van der Waals surface area contributed by atoms with E-state index in [0.717, 1.165) is 34.1 Å². The molecule has 0 aliphatic carbocycles. The van der Waals surface area contributed by atoms with Crippen molar-refractivity contribution in [3.05, 3.63) is 155 Å². The molecule has 0 aliphatic rings. The SMILES string of the molecule is Cn1cccc(C(c2ccc(Oc3ccccc3)cc2)c2ccc(Oc3ccccc3)cc2)c1=O. The van der Waals surface area contributed by atoms with E-state index in [4.69, 9.17) is 9.47 Å². The van der Waals surface area contributed by atoms with Crippen LogP contribution in [0.1, 0.15) is 22.6 Å². The van der Waals surface area contributed by atoms with Crippen molar-refractivity contribution in [2.45, 2.75) is 5.92 Å². The summed E-state index contributed by atoms with van der Waals surface area (Å²) in [5.74, 6) is 2.81. The van der Waals surface area contributed by atoms with Gasteiger partial charge < -0.3 is 14.0 Å². The zero-order chi connectivity index (χ0) is 24.0. The van der Waals surface area contributed by atoms with Crippen LogP contribution in [-0.2, 0) is 7.05 Å². The van der Waals surface area contributed by atoms with Crippen molar-refractivity contribution in [2.75, 3.05) is 0 Å². The Morgan fingerprint density at radius 1 is 0.543 bits per heavy atom. The summed E-state index contributed by atoms with van der Waals surface area (Å²) < 4.78 is 13.5. The number of aryl methyl sites for hydroxylation is 1. The van der Waals surface area contributed by atoms with Crippen LogP contribution < -0.4 is 15.0 Å². The lowest BCUT2D eigenvalue weighted by Gasteiger charge is -2.19. The molecule has 0 saturated carbocycles. The minimum absolute atomic E-state index is 0.0216. The second-order valence-electron chi connectivity index (χ2n) is 8.28. The van der Waals surface area contributed by atoms with Crippen molar-refractivity contribution in [3.8, 4) is 23.0 Å². The summed E-state index contributed by atoms with van der Waals surface area (Å²) in [7, 11) is 1.77. The molecule has 4 aromatic carbocycles. The second kappa shape index (κ2) is 10.1. The Balaban J connectivity index is 1.48. The second-order valence-corrected chi connectivity index (χ2v) is 8.28. The van der Waals surface area contributed by atoms with Crippen LogP contribution in [0.25, 0.3) is 0 Å². The third-order valence-corrected chi connectivity index (χ3v) is 5.85. The molecule has 0 saturated heterocycles. The maximum absolute atomic E-state index is 13.1. The molecule has 35 heavy (non-hydrogen) atoms. The van der Waals surface area contributed by atoms with E-state index in [-0.39, 0.29) is 11.5 Å². The van der Waals surface area contributed by atoms with Gasteiger partial charge in [-0.25, -0.2) is 0 Å². The number of pyridine rings is 1. The molecule has 0 atom stereocenters. The van der Waals surface area contributed by atoms with E-state index in [9.17, 15) is 4.79 Å². The van der Waals surface area contributed by atoms with Crippen molar-refractivity contribution >= 4 is 0 Å². The summed E-state index contributed by atoms with van der Waals surface area (Å²) in [6.07, 6.45) is 1.77. The van der Waals surface area contributed by atoms with Crippen LogP contribution in [0, 0.1) is 0 Å². The number of para-hydroxylation sites is 2. The number of hydrogen-bond acceptors (Lipinski definition) is 3. The summed E-state index contributed by atoms with van der Waals surface area (Å²) in [5, 5.41) is 0. The quantitative estimate of drug-likeness (QED) is 0.259. The van der Waals surface area contributed by atoms with E-state index in [2.05, 4.69) is 0 Å². The Kier molecular flexibility index (Phi) is 6.44. The lowest BCUT2D eigenvalue weighted by molar-refractivity contribution is 0.482. The molecule has 4 nitrogen and oxygen atoms in total. The Bertz CT molecular complexity index is 1360. The van der Waals surface area contributed by atoms with Gasteiger partial charge in [0, 0.05) is 24.7 Å². The predicted molar refractivity (Wildman–Crippen MR) is 139 cm³/mol. The van der Waals surface area contributed by atoms with E-state index in [1.807, 2.05) is 121 Å². The fourth-order valence-electron chi connectivity index (χ4n) is 4.10. The smallest absolute Gasteiger partial charge is 0.254 e. The molecule has 0 N–H and O–H groups in total. The van der Waals surface area contributed by atoms with Gasteiger partial charge in [0.25, 0.3) is 5.56 Å². The van der Waals surface area contributed by atoms with E-state index in [1.54, 1.807) is 17.8 Å². The molecule has 0 amide bonds. The molecule has 0 unspecified atom stereocenters. The van der Waals surface area contributed by atoms with Crippen LogP contribution in [0.15, 0.2) is 132 Å². The molecule has 172 valence electrons. The van der Waals surface area contributed by atoms with Crippen molar-refractivity contribution < 1.29 is 9.47 Å². The molecule has 0 spiro atoms. The molecule has 5 aromatic rings. The first-order valence-corrected chi connectivity index (χ1v) is 11.5. The molecule has 4 heteroatoms. The van der Waals surface area contributed by atoms with Crippen LogP contribution in [0.2, 0.25) is 0 Å². The van der Waals surface area contributed by atoms with Gasteiger partial charge in [-0.3, -0.25) is 4.79 Å². The lowest BCUT2D eigenvalue weighted by Crippen LogP contribution is -2.23. The fraction of sp³-hybridized carbons (Fsp3) is 0.0645. The van der Waals surface area contributed by atoms with Gasteiger partial charge in [-0.15, -0.1) is 0 Å². The highest BCUT2D eigenvalue weighted by Gasteiger charge is 2.20. The highest BCUT2D eigenvalue weighted by molar-refractivity contribution is 5.46. The largest absolute Gasteiger partial charge is 0.457 e. The highest BCUT2D eigenvalue weighted by Crippen LogP contribution is 2.33. The lowest BCUT2D eigenvalue weighted by atomic mass is 9.85. The molecule has 0 aliphatic heterocycles. The van der Waals surface area contributed by atoms with Crippen molar-refractivity contribution in [1.82, 2.24) is 4.57 Å². The van der Waals surface area contributed by atoms with Gasteiger partial charge >= 0.3 is 0 Å². The van der Waals surface area contributed by atoms with Gasteiger partial charge in [0.2, 0.25) is 0 Å². The van der Waals surface area contributed by atoms with Gasteiger partial charge in [-0.05, 0) is 65.7 Å². The van der Waals surface area contributed by atoms with Crippen molar-refractivity contribution in [2.24, 2.45) is 7.05 Å². The van der Waals surface area contributed by atoms with E-state index < -0.39 is 0 Å². The molecular formula is C31H25NO3. The van der Waals surface area contributed by atoms with Crippen molar-refractivity contribution in [1.29, 1.82) is 0 Å². The standard InChI is InChI=1S/C31H25NO3/c1-32-22-8-13-29(31(32)33)30(23-14-18-27(19-15-23)34-25-9-4-2-5-10-25)24-16-20-28(21-17-24)35-26-11-6-3-7-12-26/h2-22,30H,1H3. The molecule has 0 fully saturated rings. The summed E-state index contributed by atoms with van der Waals surface area (Å²) in [6.45, 7) is 0. The maximum Gasteiger partial charge on any atom is 0.254 e. The predicted octanol–water partition coefficient (Wildman–Crippen LogP) is 7.15. The molecule has 1 heterocycles. The van der Waals surface area contributed by atoms with E-state index >= 15 is 0 Å². The summed E-state index contributed by atoms with van der Waals surface area (Å²) in [4.78, 5) is 13.1. The average molecular weight is 460 g/mol. The van der Waals surface area contributed by atoms with Gasteiger partial charge in [0.05, 0.1) is 0 Å². The normalized spacial score (nSPS) is 10.8. The van der Waals surface area contributed by atoms with Gasteiger partial charge in [-0.2, -0.15) is 0 Å². The topological polar surface area (TPSA) is 40.5 Å². The third kappa shape index (κ3) is 5.17. The van der Waals surface area contributed by atoms with E-state index in [1.165, 1.54) is 0 Å². The molecular weight excluding hydrogens is 434 g/mol. The molecule has 0 bridgehead atoms. The van der Waals surface area contributed by atoms with Crippen LogP contribution >= 0.6 is 0 Å². The van der Waals surface area contributed by atoms with Gasteiger partial charge in [-0.1, -0.05) is 66.7 Å². The highest BCUT2D eigenvalue weighted by atomic mass is 16.5. The number of rotatable bonds is 7. The summed E-state index contributed by atoms with van der Waals surface area (Å²) in [6, 6.07) is 39.0. The summed E-state index contributed by atoms with van der Waals surface area (Å²) >= 11 is 0.